The van der Waals surface area contributed by atoms with E-state index in [-0.39, 0.29) is 6.04 Å². The van der Waals surface area contributed by atoms with Crippen molar-refractivity contribution in [3.8, 4) is 0 Å². The lowest BCUT2D eigenvalue weighted by Gasteiger charge is -2.26. The first kappa shape index (κ1) is 18.6. The van der Waals surface area contributed by atoms with Crippen molar-refractivity contribution in [2.45, 2.75) is 29.3 Å². The minimum atomic E-state index is -3.51. The summed E-state index contributed by atoms with van der Waals surface area (Å²) in [4.78, 5) is 4.73. The zero-order valence-electron chi connectivity index (χ0n) is 14.3. The van der Waals surface area contributed by atoms with E-state index in [1.54, 1.807) is 34.4 Å². The Hall–Kier alpha value is -1.19. The second-order valence-electron chi connectivity index (χ2n) is 6.14. The van der Waals surface area contributed by atoms with Gasteiger partial charge in [0, 0.05) is 43.0 Å². The highest BCUT2D eigenvalue weighted by atomic mass is 32.2. The van der Waals surface area contributed by atoms with Crippen LogP contribution in [0.3, 0.4) is 0 Å². The van der Waals surface area contributed by atoms with Crippen LogP contribution in [0.4, 0.5) is 0 Å². The van der Waals surface area contributed by atoms with E-state index in [0.29, 0.717) is 24.5 Å². The topological polar surface area (TPSA) is 88.3 Å². The van der Waals surface area contributed by atoms with Crippen LogP contribution in [0.1, 0.15) is 13.3 Å². The van der Waals surface area contributed by atoms with Crippen LogP contribution in [-0.2, 0) is 10.0 Å². The maximum atomic E-state index is 13.1. The summed E-state index contributed by atoms with van der Waals surface area (Å²) in [7, 11) is -3.51. The van der Waals surface area contributed by atoms with Crippen molar-refractivity contribution in [2.24, 2.45) is 5.73 Å². The van der Waals surface area contributed by atoms with Crippen molar-refractivity contribution in [1.82, 2.24) is 14.6 Å². The fraction of sp³-hybridized carbons (Fsp3) is 0.471. The molecule has 1 fully saturated rings. The molecule has 1 aromatic carbocycles. The Morgan fingerprint density at radius 1 is 1.36 bits per heavy atom. The van der Waals surface area contributed by atoms with Crippen molar-refractivity contribution in [3.05, 3.63) is 30.5 Å². The Labute approximate surface area is 153 Å². The quantitative estimate of drug-likeness (QED) is 0.767. The Morgan fingerprint density at radius 3 is 3.00 bits per heavy atom. The van der Waals surface area contributed by atoms with Gasteiger partial charge in [0.05, 0.1) is 4.90 Å². The molecule has 0 radical (unpaired) electrons. The van der Waals surface area contributed by atoms with E-state index in [2.05, 4.69) is 10.3 Å². The maximum absolute atomic E-state index is 13.1. The van der Waals surface area contributed by atoms with Crippen LogP contribution in [0, 0.1) is 0 Å². The number of aromatic nitrogens is 1. The van der Waals surface area contributed by atoms with Crippen molar-refractivity contribution < 1.29 is 8.42 Å². The van der Waals surface area contributed by atoms with Gasteiger partial charge in [-0.15, -0.1) is 11.8 Å². The van der Waals surface area contributed by atoms with Crippen molar-refractivity contribution in [2.75, 3.05) is 31.9 Å². The molecular weight excluding hydrogens is 356 g/mol. The fourth-order valence-corrected chi connectivity index (χ4v) is 5.53. The average molecular weight is 381 g/mol. The first-order valence-electron chi connectivity index (χ1n) is 8.48. The predicted octanol–water partition coefficient (Wildman–Crippen LogP) is 1.66. The number of nitrogens with two attached hydrogens (primary N) is 1. The summed E-state index contributed by atoms with van der Waals surface area (Å²) in [5, 5.41) is 6.00. The number of thioether (sulfide) groups is 1. The molecule has 1 atom stereocenters. The number of nitrogens with zero attached hydrogens (tertiary/aromatic N) is 2. The maximum Gasteiger partial charge on any atom is 0.243 e. The third-order valence-electron chi connectivity index (χ3n) is 4.40. The fourth-order valence-electron chi connectivity index (χ4n) is 3.04. The molecule has 2 heterocycles. The number of hydrogen-bond acceptors (Lipinski definition) is 6. The van der Waals surface area contributed by atoms with Crippen LogP contribution < -0.4 is 11.1 Å². The van der Waals surface area contributed by atoms with Crippen LogP contribution >= 0.6 is 11.8 Å². The van der Waals surface area contributed by atoms with Crippen LogP contribution in [0.15, 0.2) is 40.4 Å². The smallest absolute Gasteiger partial charge is 0.243 e. The molecule has 0 aliphatic carbocycles. The number of fused-ring (bicyclic) bond motifs is 1. The Kier molecular flexibility index (Phi) is 5.96. The molecule has 1 aliphatic heterocycles. The molecule has 1 aliphatic rings. The highest BCUT2D eigenvalue weighted by Crippen LogP contribution is 2.29. The summed E-state index contributed by atoms with van der Waals surface area (Å²) in [6.07, 6.45) is 2.53. The van der Waals surface area contributed by atoms with E-state index in [1.165, 1.54) is 0 Å². The third-order valence-corrected chi connectivity index (χ3v) is 7.45. The molecule has 3 rings (SSSR count). The normalized spacial score (nSPS) is 19.8. The molecule has 8 heteroatoms. The van der Waals surface area contributed by atoms with Crippen LogP contribution in [-0.4, -0.2) is 55.7 Å². The summed E-state index contributed by atoms with van der Waals surface area (Å²) in [5.41, 5.74) is 5.57. The van der Waals surface area contributed by atoms with E-state index in [0.717, 1.165) is 34.5 Å². The van der Waals surface area contributed by atoms with Gasteiger partial charge in [-0.3, -0.25) is 0 Å². The molecule has 1 unspecified atom stereocenters. The lowest BCUT2D eigenvalue weighted by atomic mass is 10.2. The zero-order chi connectivity index (χ0) is 17.9. The molecule has 0 bridgehead atoms. The first-order chi connectivity index (χ1) is 12.0. The Balaban J connectivity index is 1.98. The van der Waals surface area contributed by atoms with Crippen LogP contribution in [0.2, 0.25) is 0 Å². The average Bonchev–Trinajstić information content (AvgIpc) is 2.84. The van der Waals surface area contributed by atoms with Crippen LogP contribution in [0.25, 0.3) is 10.8 Å². The van der Waals surface area contributed by atoms with Gasteiger partial charge in [0.2, 0.25) is 10.0 Å². The van der Waals surface area contributed by atoms with Gasteiger partial charge in [-0.05, 0) is 43.5 Å². The molecule has 0 saturated carbocycles. The lowest BCUT2D eigenvalue weighted by Crippen LogP contribution is -2.39. The number of pyridine rings is 1. The Bertz CT molecular complexity index is 842. The molecule has 0 amide bonds. The second kappa shape index (κ2) is 8.01. The van der Waals surface area contributed by atoms with Crippen molar-refractivity contribution >= 4 is 32.6 Å². The molecule has 1 saturated heterocycles. The highest BCUT2D eigenvalue weighted by molar-refractivity contribution is 7.99. The molecule has 6 nitrogen and oxygen atoms in total. The number of sulfonamides is 1. The number of rotatable bonds is 5. The molecule has 1 aromatic heterocycles. The third kappa shape index (κ3) is 3.98. The number of hydrogen-bond donors (Lipinski definition) is 2. The van der Waals surface area contributed by atoms with Crippen LogP contribution in [0.5, 0.6) is 0 Å². The van der Waals surface area contributed by atoms with Gasteiger partial charge >= 0.3 is 0 Å². The zero-order valence-corrected chi connectivity index (χ0v) is 15.9. The molecular formula is C17H24N4O2S2. The molecule has 0 spiro atoms. The minimum Gasteiger partial charge on any atom is -0.330 e. The van der Waals surface area contributed by atoms with Crippen molar-refractivity contribution in [3.63, 3.8) is 0 Å². The highest BCUT2D eigenvalue weighted by Gasteiger charge is 2.30. The second-order valence-corrected chi connectivity index (χ2v) is 9.11. The molecule has 136 valence electrons. The summed E-state index contributed by atoms with van der Waals surface area (Å²) < 4.78 is 27.8. The Morgan fingerprint density at radius 2 is 2.20 bits per heavy atom. The summed E-state index contributed by atoms with van der Waals surface area (Å²) in [6, 6.07) is 7.15. The van der Waals surface area contributed by atoms with Gasteiger partial charge in [-0.2, -0.15) is 4.31 Å². The standard InChI is InChI=1S/C17H24N4O2S2/c1-13-4-7-19-9-10-21(13)25(22,23)15-2-3-16-14(12-15)5-8-20-17(16)24-11-6-18/h2-3,5,8,12-13,19H,4,6-7,9-11,18H2,1H3. The molecule has 25 heavy (non-hydrogen) atoms. The van der Waals surface area contributed by atoms with Gasteiger partial charge in [0.25, 0.3) is 0 Å². The monoisotopic (exact) mass is 380 g/mol. The minimum absolute atomic E-state index is 0.0104. The van der Waals surface area contributed by atoms with E-state index in [9.17, 15) is 8.42 Å². The molecule has 3 N–H and O–H groups in total. The van der Waals surface area contributed by atoms with E-state index < -0.39 is 10.0 Å². The van der Waals surface area contributed by atoms with Gasteiger partial charge in [-0.25, -0.2) is 13.4 Å². The summed E-state index contributed by atoms with van der Waals surface area (Å²) in [6.45, 7) is 4.57. The van der Waals surface area contributed by atoms with Crippen molar-refractivity contribution in [1.29, 1.82) is 0 Å². The molecule has 2 aromatic rings. The van der Waals surface area contributed by atoms with Gasteiger partial charge in [0.15, 0.2) is 0 Å². The SMILES string of the molecule is CC1CCNCCN1S(=O)(=O)c1ccc2c(SCCN)nccc2c1. The first-order valence-corrected chi connectivity index (χ1v) is 10.9. The van der Waals surface area contributed by atoms with E-state index in [1.807, 2.05) is 19.1 Å². The summed E-state index contributed by atoms with van der Waals surface area (Å²) >= 11 is 1.59. The largest absolute Gasteiger partial charge is 0.330 e. The number of benzene rings is 1. The summed E-state index contributed by atoms with van der Waals surface area (Å²) in [5.74, 6) is 0.782. The number of nitrogens with one attached hydrogen (secondary N) is 1. The van der Waals surface area contributed by atoms with Gasteiger partial charge in [0.1, 0.15) is 5.03 Å². The van der Waals surface area contributed by atoms with E-state index >= 15 is 0 Å². The van der Waals surface area contributed by atoms with Gasteiger partial charge in [-0.1, -0.05) is 6.07 Å². The predicted molar refractivity (Wildman–Crippen MR) is 102 cm³/mol. The van der Waals surface area contributed by atoms with E-state index in [4.69, 9.17) is 5.73 Å². The van der Waals surface area contributed by atoms with Gasteiger partial charge < -0.3 is 11.1 Å². The lowest BCUT2D eigenvalue weighted by molar-refractivity contribution is 0.350.